The van der Waals surface area contributed by atoms with Crippen molar-refractivity contribution in [1.82, 2.24) is 9.80 Å². The van der Waals surface area contributed by atoms with Crippen LogP contribution < -0.4 is 4.90 Å². The zero-order valence-electron chi connectivity index (χ0n) is 24.9. The van der Waals surface area contributed by atoms with Crippen LogP contribution in [0.15, 0.2) is 46.9 Å². The zero-order chi connectivity index (χ0) is 27.5. The van der Waals surface area contributed by atoms with Crippen LogP contribution >= 0.6 is 0 Å². The molecule has 10 rings (SSSR count). The summed E-state index contributed by atoms with van der Waals surface area (Å²) in [6, 6.07) is 18.9. The summed E-state index contributed by atoms with van der Waals surface area (Å²) >= 11 is 0. The quantitative estimate of drug-likeness (QED) is 0.307. The lowest BCUT2D eigenvalue weighted by Crippen LogP contribution is -2.84. The number of carbonyl (C=O) groups excluding carboxylic acids is 1. The average molecular weight is 564 g/mol. The Bertz CT molecular complexity index is 1550. The number of rotatable bonds is 1. The average Bonchev–Trinajstić information content (AvgIpc) is 3.43. The van der Waals surface area contributed by atoms with Gasteiger partial charge in [0.1, 0.15) is 11.2 Å². The molecular formula is C37H45N3O2. The van der Waals surface area contributed by atoms with Crippen molar-refractivity contribution in [3.63, 3.8) is 0 Å². The molecule has 10 unspecified atom stereocenters. The van der Waals surface area contributed by atoms with Gasteiger partial charge in [-0.2, -0.15) is 0 Å². The molecule has 2 aromatic carbocycles. The molecule has 5 heteroatoms. The molecule has 3 aromatic rings. The third-order valence-electron chi connectivity index (χ3n) is 13.5. The van der Waals surface area contributed by atoms with Crippen LogP contribution in [-0.2, 0) is 4.79 Å². The first kappa shape index (κ1) is 24.9. The number of hydrogen-bond acceptors (Lipinski definition) is 4. The van der Waals surface area contributed by atoms with Crippen LogP contribution in [0.5, 0.6) is 0 Å². The van der Waals surface area contributed by atoms with E-state index in [2.05, 4.69) is 57.2 Å². The van der Waals surface area contributed by atoms with Crippen LogP contribution in [-0.4, -0.2) is 58.0 Å². The van der Waals surface area contributed by atoms with E-state index < -0.39 is 0 Å². The van der Waals surface area contributed by atoms with Crippen molar-refractivity contribution in [2.75, 3.05) is 4.90 Å². The number of amides is 1. The number of furan rings is 1. The second kappa shape index (κ2) is 9.24. The van der Waals surface area contributed by atoms with E-state index in [-0.39, 0.29) is 0 Å². The Morgan fingerprint density at radius 3 is 2.19 bits per heavy atom. The van der Waals surface area contributed by atoms with Gasteiger partial charge < -0.3 is 14.2 Å². The molecule has 0 N–H and O–H groups in total. The van der Waals surface area contributed by atoms with Gasteiger partial charge in [0.15, 0.2) is 0 Å². The Labute approximate surface area is 249 Å². The van der Waals surface area contributed by atoms with Crippen LogP contribution in [0.3, 0.4) is 0 Å². The molecule has 4 aliphatic carbocycles. The van der Waals surface area contributed by atoms with Crippen molar-refractivity contribution in [3.05, 3.63) is 42.5 Å². The molecule has 7 aliphatic rings. The monoisotopic (exact) mass is 563 g/mol. The van der Waals surface area contributed by atoms with Crippen LogP contribution in [0.25, 0.3) is 21.9 Å². The van der Waals surface area contributed by atoms with Crippen LogP contribution in [0.1, 0.15) is 89.9 Å². The Kier molecular flexibility index (Phi) is 5.47. The Hall–Kier alpha value is -2.53. The molecule has 4 heterocycles. The standard InChI is InChI=1S/C37H45N3O2/c41-37-24-11-2-1-10-22(24)23-13-7-17-29-35(23)40(37)31-19-8-18-30-36(31)39(29)27-15-5-4-14-26(27)38(30)28-16-9-21-33-34(28)25-12-3-6-20-32(25)42-33/h3,6,9,12,16,20-24,26-27,29-31,35-36H,1-2,4-5,7-8,10-11,13-15,17-19H2. The molecule has 0 radical (unpaired) electrons. The summed E-state index contributed by atoms with van der Waals surface area (Å²) in [5.41, 5.74) is 3.40. The lowest BCUT2D eigenvalue weighted by Gasteiger charge is -2.72. The first-order valence-corrected chi connectivity index (χ1v) is 17.6. The van der Waals surface area contributed by atoms with E-state index >= 15 is 0 Å². The summed E-state index contributed by atoms with van der Waals surface area (Å²) in [5, 5.41) is 2.55. The normalized spacial score (nSPS) is 41.3. The number of hydrogen-bond donors (Lipinski definition) is 0. The van der Waals surface area contributed by atoms with Gasteiger partial charge in [-0.05, 0) is 87.8 Å². The largest absolute Gasteiger partial charge is 0.456 e. The minimum atomic E-state index is 0.304. The van der Waals surface area contributed by atoms with Crippen LogP contribution in [0.2, 0.25) is 0 Å². The van der Waals surface area contributed by atoms with Gasteiger partial charge in [-0.1, -0.05) is 56.4 Å². The fourth-order valence-corrected chi connectivity index (χ4v) is 12.2. The second-order valence-electron chi connectivity index (χ2n) is 15.0. The highest BCUT2D eigenvalue weighted by atomic mass is 16.3. The maximum absolute atomic E-state index is 14.6. The maximum atomic E-state index is 14.6. The van der Waals surface area contributed by atoms with Crippen LogP contribution in [0, 0.1) is 17.8 Å². The first-order chi connectivity index (χ1) is 20.8. The van der Waals surface area contributed by atoms with E-state index in [9.17, 15) is 4.79 Å². The molecule has 10 atom stereocenters. The highest BCUT2D eigenvalue weighted by Gasteiger charge is 2.65. The third kappa shape index (κ3) is 3.22. The Balaban J connectivity index is 1.15. The summed E-state index contributed by atoms with van der Waals surface area (Å²) in [6.45, 7) is 0. The van der Waals surface area contributed by atoms with E-state index in [0.29, 0.717) is 60.0 Å². The molecule has 1 amide bonds. The number of fused-ring (bicyclic) bond motifs is 9. The number of para-hydroxylation sites is 1. The van der Waals surface area contributed by atoms with Gasteiger partial charge in [0.25, 0.3) is 0 Å². The topological polar surface area (TPSA) is 39.9 Å². The van der Waals surface area contributed by atoms with Crippen molar-refractivity contribution in [2.45, 2.75) is 132 Å². The number of carbonyl (C=O) groups is 1. The smallest absolute Gasteiger partial charge is 0.226 e. The van der Waals surface area contributed by atoms with Crippen LogP contribution in [0.4, 0.5) is 5.69 Å². The Morgan fingerprint density at radius 1 is 0.571 bits per heavy atom. The highest BCUT2D eigenvalue weighted by Crippen LogP contribution is 2.57. The predicted molar refractivity (Wildman–Crippen MR) is 167 cm³/mol. The maximum Gasteiger partial charge on any atom is 0.226 e. The molecule has 3 aliphatic heterocycles. The molecular weight excluding hydrogens is 518 g/mol. The molecule has 42 heavy (non-hydrogen) atoms. The van der Waals surface area contributed by atoms with Crippen molar-refractivity contribution in [3.8, 4) is 0 Å². The van der Waals surface area contributed by atoms with Gasteiger partial charge in [0.05, 0.1) is 17.5 Å². The third-order valence-corrected chi connectivity index (χ3v) is 13.5. The number of nitrogens with zero attached hydrogens (tertiary/aromatic N) is 3. The van der Waals surface area contributed by atoms with E-state index in [0.717, 1.165) is 23.5 Å². The highest BCUT2D eigenvalue weighted by molar-refractivity contribution is 6.11. The fourth-order valence-electron chi connectivity index (χ4n) is 12.2. The van der Waals surface area contributed by atoms with Gasteiger partial charge in [0.2, 0.25) is 5.91 Å². The summed E-state index contributed by atoms with van der Waals surface area (Å²) in [6.07, 6.45) is 18.0. The molecule has 3 saturated heterocycles. The minimum absolute atomic E-state index is 0.304. The van der Waals surface area contributed by atoms with Gasteiger partial charge >= 0.3 is 0 Å². The Morgan fingerprint density at radius 2 is 1.26 bits per heavy atom. The molecule has 220 valence electrons. The van der Waals surface area contributed by atoms with Gasteiger partial charge in [-0.3, -0.25) is 9.69 Å². The second-order valence-corrected chi connectivity index (χ2v) is 15.0. The summed E-state index contributed by atoms with van der Waals surface area (Å²) < 4.78 is 6.43. The van der Waals surface area contributed by atoms with Crippen molar-refractivity contribution in [2.24, 2.45) is 17.8 Å². The lowest BCUT2D eigenvalue weighted by molar-refractivity contribution is -0.199. The number of benzene rings is 2. The first-order valence-electron chi connectivity index (χ1n) is 17.6. The SMILES string of the molecule is O=C1C2CCCCC2C2CCCC3C2N1C1CCCC2C1N3C1CCCCC1N2c1cccc2oc3ccccc3c12. The zero-order valence-corrected chi connectivity index (χ0v) is 24.9. The van der Waals surface area contributed by atoms with Gasteiger partial charge in [-0.15, -0.1) is 0 Å². The molecule has 0 spiro atoms. The van der Waals surface area contributed by atoms with E-state index in [1.54, 1.807) is 0 Å². The summed E-state index contributed by atoms with van der Waals surface area (Å²) in [7, 11) is 0. The summed E-state index contributed by atoms with van der Waals surface area (Å²) in [4.78, 5) is 23.3. The van der Waals surface area contributed by atoms with Gasteiger partial charge in [-0.25, -0.2) is 0 Å². The molecule has 7 fully saturated rings. The number of piperazine rings is 2. The lowest BCUT2D eigenvalue weighted by atomic mass is 9.58. The minimum Gasteiger partial charge on any atom is -0.456 e. The molecule has 5 nitrogen and oxygen atoms in total. The van der Waals surface area contributed by atoms with Crippen molar-refractivity contribution >= 4 is 33.5 Å². The van der Waals surface area contributed by atoms with Crippen molar-refractivity contribution in [1.29, 1.82) is 0 Å². The van der Waals surface area contributed by atoms with Crippen molar-refractivity contribution < 1.29 is 9.21 Å². The van der Waals surface area contributed by atoms with E-state index in [1.807, 2.05) is 0 Å². The van der Waals surface area contributed by atoms with E-state index in [4.69, 9.17) is 4.42 Å². The predicted octanol–water partition coefficient (Wildman–Crippen LogP) is 7.51. The number of piperidine rings is 1. The number of anilines is 1. The molecule has 4 saturated carbocycles. The molecule has 0 bridgehead atoms. The van der Waals surface area contributed by atoms with E-state index in [1.165, 1.54) is 99.9 Å². The fraction of sp³-hybridized carbons (Fsp3) is 0.649. The summed E-state index contributed by atoms with van der Waals surface area (Å²) in [5.74, 6) is 2.26. The van der Waals surface area contributed by atoms with Gasteiger partial charge in [0, 0.05) is 47.2 Å². The molecule has 1 aromatic heterocycles.